The highest BCUT2D eigenvalue weighted by molar-refractivity contribution is 5.79. The van der Waals surface area contributed by atoms with Gasteiger partial charge in [0.25, 0.3) is 5.56 Å². The van der Waals surface area contributed by atoms with Gasteiger partial charge >= 0.3 is 0 Å². The quantitative estimate of drug-likeness (QED) is 0.582. The van der Waals surface area contributed by atoms with Crippen molar-refractivity contribution in [3.8, 4) is 0 Å². The van der Waals surface area contributed by atoms with Gasteiger partial charge in [-0.1, -0.05) is 36.4 Å². The average Bonchev–Trinajstić information content (AvgIpc) is 3.32. The molecule has 2 heterocycles. The molecule has 33 heavy (non-hydrogen) atoms. The fraction of sp³-hybridized carbons (Fsp3) is 0.423. The predicted octanol–water partition coefficient (Wildman–Crippen LogP) is 3.10. The van der Waals surface area contributed by atoms with Crippen molar-refractivity contribution >= 4 is 16.8 Å². The van der Waals surface area contributed by atoms with E-state index in [9.17, 15) is 9.59 Å². The maximum atomic E-state index is 13.1. The monoisotopic (exact) mass is 446 g/mol. The average molecular weight is 447 g/mol. The van der Waals surface area contributed by atoms with Crippen molar-refractivity contribution in [1.82, 2.24) is 20.2 Å². The van der Waals surface area contributed by atoms with Crippen LogP contribution < -0.4 is 10.9 Å². The normalized spacial score (nSPS) is 20.2. The fourth-order valence-corrected chi connectivity index (χ4v) is 5.03. The van der Waals surface area contributed by atoms with Crippen LogP contribution >= 0.6 is 0 Å². The van der Waals surface area contributed by atoms with Crippen LogP contribution in [-0.2, 0) is 22.5 Å². The third-order valence-electron chi connectivity index (χ3n) is 6.59. The molecule has 1 aliphatic heterocycles. The summed E-state index contributed by atoms with van der Waals surface area (Å²) < 4.78 is 5.83. The number of rotatable bonds is 7. The van der Waals surface area contributed by atoms with E-state index in [-0.39, 0.29) is 30.2 Å². The number of para-hydroxylation sites is 1. The number of nitrogens with zero attached hydrogens (tertiary/aromatic N) is 2. The van der Waals surface area contributed by atoms with Gasteiger partial charge in [0, 0.05) is 13.2 Å². The summed E-state index contributed by atoms with van der Waals surface area (Å²) in [5, 5.41) is 3.81. The molecule has 0 unspecified atom stereocenters. The van der Waals surface area contributed by atoms with Crippen LogP contribution in [0.5, 0.6) is 0 Å². The summed E-state index contributed by atoms with van der Waals surface area (Å²) in [6.07, 6.45) is 5.21. The van der Waals surface area contributed by atoms with Crippen LogP contribution in [0.25, 0.3) is 10.9 Å². The van der Waals surface area contributed by atoms with E-state index in [0.29, 0.717) is 29.8 Å². The lowest BCUT2D eigenvalue weighted by atomic mass is 9.88. The molecular weight excluding hydrogens is 416 g/mol. The summed E-state index contributed by atoms with van der Waals surface area (Å²) in [6.45, 7) is 2.00. The Hall–Kier alpha value is -3.03. The van der Waals surface area contributed by atoms with Crippen LogP contribution in [0.2, 0.25) is 0 Å². The fourth-order valence-electron chi connectivity index (χ4n) is 5.03. The first-order valence-corrected chi connectivity index (χ1v) is 11.8. The van der Waals surface area contributed by atoms with Gasteiger partial charge in [0.05, 0.1) is 36.1 Å². The molecule has 0 bridgehead atoms. The number of carbonyl (C=O) groups excluding carboxylic acids is 1. The molecule has 2 N–H and O–H groups in total. The predicted molar refractivity (Wildman–Crippen MR) is 127 cm³/mol. The highest BCUT2D eigenvalue weighted by Gasteiger charge is 2.25. The smallest absolute Gasteiger partial charge is 0.258 e. The van der Waals surface area contributed by atoms with Crippen molar-refractivity contribution in [2.75, 3.05) is 19.7 Å². The number of benzene rings is 2. The number of ether oxygens (including phenoxy) is 1. The number of carbonyl (C=O) groups is 1. The summed E-state index contributed by atoms with van der Waals surface area (Å²) in [5.41, 5.74) is 3.05. The third kappa shape index (κ3) is 5.15. The molecule has 3 aromatic rings. The van der Waals surface area contributed by atoms with E-state index in [1.807, 2.05) is 29.2 Å². The van der Waals surface area contributed by atoms with Crippen molar-refractivity contribution in [2.24, 2.45) is 0 Å². The lowest BCUT2D eigenvalue weighted by Gasteiger charge is -2.28. The Bertz CT molecular complexity index is 1190. The maximum Gasteiger partial charge on any atom is 0.258 e. The van der Waals surface area contributed by atoms with Crippen LogP contribution in [0.3, 0.4) is 0 Å². The van der Waals surface area contributed by atoms with Gasteiger partial charge in [0.15, 0.2) is 0 Å². The zero-order chi connectivity index (χ0) is 22.6. The maximum absolute atomic E-state index is 13.1. The molecule has 2 atom stereocenters. The molecule has 1 saturated heterocycles. The summed E-state index contributed by atoms with van der Waals surface area (Å²) in [7, 11) is 0. The molecule has 1 amide bonds. The first-order valence-electron chi connectivity index (χ1n) is 11.8. The Balaban J connectivity index is 1.31. The molecule has 5 rings (SSSR count). The number of hydrogen-bond acceptors (Lipinski definition) is 5. The van der Waals surface area contributed by atoms with Crippen LogP contribution in [0.4, 0.5) is 0 Å². The van der Waals surface area contributed by atoms with Gasteiger partial charge < -0.3 is 15.0 Å². The van der Waals surface area contributed by atoms with Gasteiger partial charge in [0.1, 0.15) is 5.82 Å². The second kappa shape index (κ2) is 9.85. The highest BCUT2D eigenvalue weighted by Crippen LogP contribution is 2.29. The second-order valence-corrected chi connectivity index (χ2v) is 9.05. The standard InChI is InChI=1S/C26H30N4O3/c31-25(28-22-13-5-8-18-7-1-2-10-20(18)22)17-30(15-19-9-6-14-33-19)16-24-27-23-12-4-3-11-21(23)26(32)29-24/h1-4,7,10-12,19,22H,5-6,8-9,13-17H2,(H,28,31)(H,27,29,32)/t19-,22-/m0/s1. The lowest BCUT2D eigenvalue weighted by Crippen LogP contribution is -2.42. The Kier molecular flexibility index (Phi) is 6.51. The first kappa shape index (κ1) is 21.8. The summed E-state index contributed by atoms with van der Waals surface area (Å²) in [6, 6.07) is 15.7. The zero-order valence-corrected chi connectivity index (χ0v) is 18.8. The molecule has 172 valence electrons. The summed E-state index contributed by atoms with van der Waals surface area (Å²) >= 11 is 0. The third-order valence-corrected chi connectivity index (χ3v) is 6.59. The zero-order valence-electron chi connectivity index (χ0n) is 18.8. The minimum absolute atomic E-state index is 0.0159. The first-order chi connectivity index (χ1) is 16.2. The minimum Gasteiger partial charge on any atom is -0.377 e. The van der Waals surface area contributed by atoms with E-state index in [2.05, 4.69) is 33.5 Å². The van der Waals surface area contributed by atoms with E-state index in [0.717, 1.165) is 38.7 Å². The summed E-state index contributed by atoms with van der Waals surface area (Å²) in [5.74, 6) is 0.547. The largest absolute Gasteiger partial charge is 0.377 e. The van der Waals surface area contributed by atoms with Crippen molar-refractivity contribution in [1.29, 1.82) is 0 Å². The molecule has 1 fully saturated rings. The van der Waals surface area contributed by atoms with Gasteiger partial charge in [0.2, 0.25) is 5.91 Å². The molecule has 0 saturated carbocycles. The Morgan fingerprint density at radius 1 is 1.12 bits per heavy atom. The number of H-pyrrole nitrogens is 1. The molecule has 0 radical (unpaired) electrons. The SMILES string of the molecule is O=C(CN(Cc1nc2ccccc2c(=O)[nH]1)C[C@@H]1CCCO1)N[C@H]1CCCc2ccccc21. The van der Waals surface area contributed by atoms with Crippen molar-refractivity contribution in [2.45, 2.75) is 50.8 Å². The number of aryl methyl sites for hydroxylation is 1. The van der Waals surface area contributed by atoms with E-state index in [4.69, 9.17) is 4.74 Å². The molecular formula is C26H30N4O3. The Morgan fingerprint density at radius 3 is 2.85 bits per heavy atom. The van der Waals surface area contributed by atoms with E-state index >= 15 is 0 Å². The van der Waals surface area contributed by atoms with Crippen LogP contribution in [0.1, 0.15) is 48.7 Å². The number of fused-ring (bicyclic) bond motifs is 2. The molecule has 2 aromatic carbocycles. The second-order valence-electron chi connectivity index (χ2n) is 9.05. The van der Waals surface area contributed by atoms with Crippen molar-refractivity contribution in [3.05, 3.63) is 75.8 Å². The number of amides is 1. The lowest BCUT2D eigenvalue weighted by molar-refractivity contribution is -0.123. The van der Waals surface area contributed by atoms with Crippen LogP contribution in [0.15, 0.2) is 53.3 Å². The Labute approximate surface area is 193 Å². The number of hydrogen-bond donors (Lipinski definition) is 2. The minimum atomic E-state index is -0.157. The van der Waals surface area contributed by atoms with Crippen LogP contribution in [0, 0.1) is 0 Å². The van der Waals surface area contributed by atoms with Gasteiger partial charge in [-0.3, -0.25) is 14.5 Å². The van der Waals surface area contributed by atoms with Gasteiger partial charge in [-0.05, 0) is 55.4 Å². The number of aromatic amines is 1. The van der Waals surface area contributed by atoms with E-state index < -0.39 is 0 Å². The topological polar surface area (TPSA) is 87.3 Å². The van der Waals surface area contributed by atoms with E-state index in [1.165, 1.54) is 11.1 Å². The van der Waals surface area contributed by atoms with E-state index in [1.54, 1.807) is 6.07 Å². The molecule has 1 aromatic heterocycles. The molecule has 7 heteroatoms. The Morgan fingerprint density at radius 2 is 1.97 bits per heavy atom. The summed E-state index contributed by atoms with van der Waals surface area (Å²) in [4.78, 5) is 35.2. The van der Waals surface area contributed by atoms with Gasteiger partial charge in [-0.2, -0.15) is 0 Å². The number of aromatic nitrogens is 2. The van der Waals surface area contributed by atoms with Crippen molar-refractivity contribution < 1.29 is 9.53 Å². The van der Waals surface area contributed by atoms with Gasteiger partial charge in [-0.25, -0.2) is 4.98 Å². The van der Waals surface area contributed by atoms with Crippen molar-refractivity contribution in [3.63, 3.8) is 0 Å². The molecule has 2 aliphatic rings. The number of nitrogens with one attached hydrogen (secondary N) is 2. The highest BCUT2D eigenvalue weighted by atomic mass is 16.5. The molecule has 1 aliphatic carbocycles. The van der Waals surface area contributed by atoms with Crippen LogP contribution in [-0.4, -0.2) is 46.6 Å². The van der Waals surface area contributed by atoms with Gasteiger partial charge in [-0.15, -0.1) is 0 Å². The molecule has 7 nitrogen and oxygen atoms in total. The molecule has 0 spiro atoms.